The highest BCUT2D eigenvalue weighted by Crippen LogP contribution is 2.39. The van der Waals surface area contributed by atoms with E-state index in [0.717, 1.165) is 0 Å². The van der Waals surface area contributed by atoms with Crippen molar-refractivity contribution in [2.45, 2.75) is 19.4 Å². The van der Waals surface area contributed by atoms with Crippen molar-refractivity contribution in [2.24, 2.45) is 0 Å². The van der Waals surface area contributed by atoms with E-state index in [1.54, 1.807) is 0 Å². The van der Waals surface area contributed by atoms with E-state index in [2.05, 4.69) is 37.9 Å². The molecule has 0 aliphatic carbocycles. The SMILES string of the molecule is C=C1c2ccccc2NC1(C)C. The van der Waals surface area contributed by atoms with Crippen LogP contribution in [-0.4, -0.2) is 5.54 Å². The minimum Gasteiger partial charge on any atom is -0.376 e. The van der Waals surface area contributed by atoms with Gasteiger partial charge in [0.05, 0.1) is 5.54 Å². The highest BCUT2D eigenvalue weighted by Gasteiger charge is 2.30. The molecule has 0 radical (unpaired) electrons. The molecule has 1 heteroatoms. The van der Waals surface area contributed by atoms with Gasteiger partial charge in [-0.15, -0.1) is 0 Å². The van der Waals surface area contributed by atoms with Gasteiger partial charge < -0.3 is 5.32 Å². The van der Waals surface area contributed by atoms with Gasteiger partial charge in [0.25, 0.3) is 0 Å². The van der Waals surface area contributed by atoms with E-state index in [1.807, 2.05) is 12.1 Å². The first-order valence-electron chi connectivity index (χ1n) is 4.18. The Labute approximate surface area is 73.1 Å². The summed E-state index contributed by atoms with van der Waals surface area (Å²) in [6.45, 7) is 8.38. The standard InChI is InChI=1S/C11H13N/c1-8-9-6-4-5-7-10(9)12-11(8,2)3/h4-7,12H,1H2,2-3H3. The molecule has 1 aliphatic heterocycles. The lowest BCUT2D eigenvalue weighted by molar-refractivity contribution is 0.756. The van der Waals surface area contributed by atoms with Crippen molar-refractivity contribution in [1.29, 1.82) is 0 Å². The highest BCUT2D eigenvalue weighted by molar-refractivity contribution is 5.87. The van der Waals surface area contributed by atoms with Crippen LogP contribution >= 0.6 is 0 Å². The van der Waals surface area contributed by atoms with Gasteiger partial charge in [-0.1, -0.05) is 24.8 Å². The molecule has 1 N–H and O–H groups in total. The summed E-state index contributed by atoms with van der Waals surface area (Å²) in [7, 11) is 0. The van der Waals surface area contributed by atoms with Crippen molar-refractivity contribution in [3.63, 3.8) is 0 Å². The predicted molar refractivity (Wildman–Crippen MR) is 53.2 cm³/mol. The van der Waals surface area contributed by atoms with Crippen LogP contribution < -0.4 is 5.32 Å². The van der Waals surface area contributed by atoms with Gasteiger partial charge in [-0.3, -0.25) is 0 Å². The van der Waals surface area contributed by atoms with E-state index in [-0.39, 0.29) is 5.54 Å². The first-order valence-corrected chi connectivity index (χ1v) is 4.18. The van der Waals surface area contributed by atoms with E-state index in [0.29, 0.717) is 0 Å². The van der Waals surface area contributed by atoms with Crippen molar-refractivity contribution in [1.82, 2.24) is 0 Å². The molecule has 1 aromatic rings. The fourth-order valence-corrected chi connectivity index (χ4v) is 1.60. The van der Waals surface area contributed by atoms with Crippen LogP contribution in [0.15, 0.2) is 30.8 Å². The molecule has 0 fully saturated rings. The first kappa shape index (κ1) is 7.41. The number of hydrogen-bond acceptors (Lipinski definition) is 1. The monoisotopic (exact) mass is 159 g/mol. The molecule has 1 nitrogen and oxygen atoms in total. The maximum Gasteiger partial charge on any atom is 0.0570 e. The van der Waals surface area contributed by atoms with Gasteiger partial charge in [0.15, 0.2) is 0 Å². The molecule has 62 valence electrons. The van der Waals surface area contributed by atoms with Crippen LogP contribution in [0.5, 0.6) is 0 Å². The van der Waals surface area contributed by atoms with E-state index in [1.165, 1.54) is 16.8 Å². The molecule has 1 heterocycles. The Hall–Kier alpha value is -1.24. The maximum atomic E-state index is 4.09. The zero-order chi connectivity index (χ0) is 8.77. The van der Waals surface area contributed by atoms with E-state index in [9.17, 15) is 0 Å². The lowest BCUT2D eigenvalue weighted by atomic mass is 9.95. The van der Waals surface area contributed by atoms with E-state index in [4.69, 9.17) is 0 Å². The first-order chi connectivity index (χ1) is 5.61. The fourth-order valence-electron chi connectivity index (χ4n) is 1.60. The van der Waals surface area contributed by atoms with Gasteiger partial charge in [-0.05, 0) is 25.5 Å². The highest BCUT2D eigenvalue weighted by atomic mass is 15.0. The molecular formula is C11H13N. The molecule has 0 bridgehead atoms. The fraction of sp³-hybridized carbons (Fsp3) is 0.273. The van der Waals surface area contributed by atoms with Gasteiger partial charge in [0.2, 0.25) is 0 Å². The van der Waals surface area contributed by atoms with Crippen LogP contribution in [0, 0.1) is 0 Å². The number of rotatable bonds is 0. The zero-order valence-corrected chi connectivity index (χ0v) is 7.52. The Bertz CT molecular complexity index is 337. The summed E-state index contributed by atoms with van der Waals surface area (Å²) in [6.07, 6.45) is 0. The summed E-state index contributed by atoms with van der Waals surface area (Å²) in [4.78, 5) is 0. The quantitative estimate of drug-likeness (QED) is 0.613. The van der Waals surface area contributed by atoms with Gasteiger partial charge in [0, 0.05) is 11.3 Å². The summed E-state index contributed by atoms with van der Waals surface area (Å²) in [6, 6.07) is 8.29. The molecule has 0 unspecified atom stereocenters. The lowest BCUT2D eigenvalue weighted by Crippen LogP contribution is -2.25. The molecule has 0 aromatic heterocycles. The summed E-state index contributed by atoms with van der Waals surface area (Å²) >= 11 is 0. The second-order valence-electron chi connectivity index (χ2n) is 3.77. The van der Waals surface area contributed by atoms with Crippen molar-refractivity contribution < 1.29 is 0 Å². The number of fused-ring (bicyclic) bond motifs is 1. The molecule has 0 atom stereocenters. The molecule has 2 rings (SSSR count). The average Bonchev–Trinajstić information content (AvgIpc) is 2.24. The van der Waals surface area contributed by atoms with Crippen LogP contribution in [0.3, 0.4) is 0 Å². The number of nitrogens with one attached hydrogen (secondary N) is 1. The molecule has 0 saturated heterocycles. The van der Waals surface area contributed by atoms with Crippen LogP contribution in [0.2, 0.25) is 0 Å². The Balaban J connectivity index is 2.57. The van der Waals surface area contributed by atoms with Crippen LogP contribution in [-0.2, 0) is 0 Å². The van der Waals surface area contributed by atoms with Crippen molar-refractivity contribution in [3.05, 3.63) is 36.4 Å². The topological polar surface area (TPSA) is 12.0 Å². The van der Waals surface area contributed by atoms with Gasteiger partial charge in [-0.2, -0.15) is 0 Å². The van der Waals surface area contributed by atoms with Gasteiger partial charge >= 0.3 is 0 Å². The Morgan fingerprint density at radius 2 is 1.92 bits per heavy atom. The summed E-state index contributed by atoms with van der Waals surface area (Å²) in [5.41, 5.74) is 3.65. The van der Waals surface area contributed by atoms with Gasteiger partial charge in [-0.25, -0.2) is 0 Å². The van der Waals surface area contributed by atoms with Crippen molar-refractivity contribution >= 4 is 11.3 Å². The Morgan fingerprint density at radius 1 is 1.25 bits per heavy atom. The molecule has 12 heavy (non-hydrogen) atoms. The van der Waals surface area contributed by atoms with Gasteiger partial charge in [0.1, 0.15) is 0 Å². The van der Waals surface area contributed by atoms with Crippen molar-refractivity contribution in [2.75, 3.05) is 5.32 Å². The minimum atomic E-state index is 0.0175. The summed E-state index contributed by atoms with van der Waals surface area (Å²) in [5, 5.41) is 3.42. The molecular weight excluding hydrogens is 146 g/mol. The third-order valence-electron chi connectivity index (χ3n) is 2.45. The molecule has 0 amide bonds. The van der Waals surface area contributed by atoms with E-state index >= 15 is 0 Å². The average molecular weight is 159 g/mol. The number of hydrogen-bond donors (Lipinski definition) is 1. The minimum absolute atomic E-state index is 0.0175. The molecule has 1 aromatic carbocycles. The lowest BCUT2D eigenvalue weighted by Gasteiger charge is -2.20. The van der Waals surface area contributed by atoms with Crippen LogP contribution in [0.1, 0.15) is 19.4 Å². The van der Waals surface area contributed by atoms with Crippen LogP contribution in [0.25, 0.3) is 5.57 Å². The maximum absolute atomic E-state index is 4.09. The van der Waals surface area contributed by atoms with Crippen molar-refractivity contribution in [3.8, 4) is 0 Å². The zero-order valence-electron chi connectivity index (χ0n) is 7.52. The Kier molecular flexibility index (Phi) is 1.31. The number of benzene rings is 1. The largest absolute Gasteiger partial charge is 0.376 e. The second kappa shape index (κ2) is 2.13. The summed E-state index contributed by atoms with van der Waals surface area (Å²) < 4.78 is 0. The molecule has 1 aliphatic rings. The van der Waals surface area contributed by atoms with E-state index < -0.39 is 0 Å². The second-order valence-corrected chi connectivity index (χ2v) is 3.77. The Morgan fingerprint density at radius 3 is 2.58 bits per heavy atom. The summed E-state index contributed by atoms with van der Waals surface area (Å²) in [5.74, 6) is 0. The number of anilines is 1. The third kappa shape index (κ3) is 0.860. The molecule has 0 spiro atoms. The smallest absolute Gasteiger partial charge is 0.0570 e. The van der Waals surface area contributed by atoms with Crippen LogP contribution in [0.4, 0.5) is 5.69 Å². The third-order valence-corrected chi connectivity index (χ3v) is 2.45. The molecule has 0 saturated carbocycles. The predicted octanol–water partition coefficient (Wildman–Crippen LogP) is 2.90. The number of para-hydroxylation sites is 1. The normalized spacial score (nSPS) is 18.7.